The van der Waals surface area contributed by atoms with Gasteiger partial charge in [0.05, 0.1) is 0 Å². The standard InChI is InChI=1S/C14H21N3O/c1-10-7-16-8-11(2)17(10)9-12-4-3-5-13(6-12)14(15)18/h3-6,10-11,16H,7-9H2,1-2H3,(H2,15,18). The lowest BCUT2D eigenvalue weighted by Crippen LogP contribution is -2.54. The maximum Gasteiger partial charge on any atom is 0.248 e. The maximum atomic E-state index is 11.2. The fourth-order valence-electron chi connectivity index (χ4n) is 2.52. The highest BCUT2D eigenvalue weighted by atomic mass is 16.1. The zero-order valence-electron chi connectivity index (χ0n) is 11.0. The fourth-order valence-corrected chi connectivity index (χ4v) is 2.52. The molecule has 1 aromatic rings. The third kappa shape index (κ3) is 2.89. The van der Waals surface area contributed by atoms with Gasteiger partial charge in [-0.25, -0.2) is 0 Å². The third-order valence-corrected chi connectivity index (χ3v) is 3.59. The van der Waals surface area contributed by atoms with Gasteiger partial charge in [-0.05, 0) is 31.5 Å². The van der Waals surface area contributed by atoms with E-state index in [0.717, 1.165) is 25.2 Å². The van der Waals surface area contributed by atoms with Crippen molar-refractivity contribution in [1.29, 1.82) is 0 Å². The number of nitrogens with zero attached hydrogens (tertiary/aromatic N) is 1. The molecule has 1 heterocycles. The van der Waals surface area contributed by atoms with E-state index in [1.807, 2.05) is 18.2 Å². The Kier molecular flexibility index (Phi) is 3.99. The first-order valence-corrected chi connectivity index (χ1v) is 6.43. The largest absolute Gasteiger partial charge is 0.366 e. The van der Waals surface area contributed by atoms with E-state index < -0.39 is 0 Å². The molecule has 4 heteroatoms. The maximum absolute atomic E-state index is 11.2. The van der Waals surface area contributed by atoms with E-state index in [2.05, 4.69) is 24.1 Å². The second-order valence-corrected chi connectivity index (χ2v) is 5.09. The molecule has 0 radical (unpaired) electrons. The van der Waals surface area contributed by atoms with Gasteiger partial charge in [-0.2, -0.15) is 0 Å². The first-order valence-electron chi connectivity index (χ1n) is 6.43. The van der Waals surface area contributed by atoms with Crippen molar-refractivity contribution in [2.45, 2.75) is 32.5 Å². The van der Waals surface area contributed by atoms with Gasteiger partial charge in [-0.3, -0.25) is 9.69 Å². The summed E-state index contributed by atoms with van der Waals surface area (Å²) >= 11 is 0. The van der Waals surface area contributed by atoms with E-state index in [9.17, 15) is 4.79 Å². The topological polar surface area (TPSA) is 58.4 Å². The monoisotopic (exact) mass is 247 g/mol. The molecule has 1 saturated heterocycles. The number of carbonyl (C=O) groups excluding carboxylic acids is 1. The lowest BCUT2D eigenvalue weighted by Gasteiger charge is -2.39. The highest BCUT2D eigenvalue weighted by Gasteiger charge is 2.24. The van der Waals surface area contributed by atoms with Gasteiger partial charge >= 0.3 is 0 Å². The molecule has 98 valence electrons. The van der Waals surface area contributed by atoms with Gasteiger partial charge in [0.25, 0.3) is 0 Å². The van der Waals surface area contributed by atoms with Crippen LogP contribution < -0.4 is 11.1 Å². The number of nitrogens with one attached hydrogen (secondary N) is 1. The Labute approximate surface area is 108 Å². The first-order chi connectivity index (χ1) is 8.58. The molecule has 1 fully saturated rings. The lowest BCUT2D eigenvalue weighted by atomic mass is 10.1. The van der Waals surface area contributed by atoms with Crippen LogP contribution in [0.3, 0.4) is 0 Å². The van der Waals surface area contributed by atoms with Crippen LogP contribution in [0.25, 0.3) is 0 Å². The number of primary amides is 1. The first kappa shape index (κ1) is 13.1. The molecule has 1 amide bonds. The Morgan fingerprint density at radius 1 is 1.39 bits per heavy atom. The number of carbonyl (C=O) groups is 1. The third-order valence-electron chi connectivity index (χ3n) is 3.59. The summed E-state index contributed by atoms with van der Waals surface area (Å²) in [7, 11) is 0. The molecule has 0 aliphatic carbocycles. The molecule has 2 rings (SSSR count). The Hall–Kier alpha value is -1.39. The molecule has 4 nitrogen and oxygen atoms in total. The second kappa shape index (κ2) is 5.50. The molecular formula is C14H21N3O. The normalized spacial score (nSPS) is 25.0. The van der Waals surface area contributed by atoms with E-state index in [1.54, 1.807) is 6.07 Å². The highest BCUT2D eigenvalue weighted by molar-refractivity contribution is 5.92. The molecule has 18 heavy (non-hydrogen) atoms. The Balaban J connectivity index is 2.12. The smallest absolute Gasteiger partial charge is 0.248 e. The van der Waals surface area contributed by atoms with Gasteiger partial charge in [-0.1, -0.05) is 12.1 Å². The minimum atomic E-state index is -0.363. The number of hydrogen-bond acceptors (Lipinski definition) is 3. The van der Waals surface area contributed by atoms with Crippen LogP contribution >= 0.6 is 0 Å². The summed E-state index contributed by atoms with van der Waals surface area (Å²) in [5.74, 6) is -0.363. The molecule has 3 N–H and O–H groups in total. The zero-order chi connectivity index (χ0) is 13.1. The van der Waals surface area contributed by atoms with E-state index in [1.165, 1.54) is 0 Å². The van der Waals surface area contributed by atoms with Gasteiger partial charge in [0.15, 0.2) is 0 Å². The number of nitrogens with two attached hydrogens (primary N) is 1. The van der Waals surface area contributed by atoms with Gasteiger partial charge in [0.2, 0.25) is 5.91 Å². The van der Waals surface area contributed by atoms with Gasteiger partial charge in [0.1, 0.15) is 0 Å². The predicted octanol–water partition coefficient (Wildman–Crippen LogP) is 0.968. The van der Waals surface area contributed by atoms with Crippen LogP contribution in [0.1, 0.15) is 29.8 Å². The summed E-state index contributed by atoms with van der Waals surface area (Å²) in [6, 6.07) is 8.61. The summed E-state index contributed by atoms with van der Waals surface area (Å²) in [6.07, 6.45) is 0. The molecule has 0 aromatic heterocycles. The molecular weight excluding hydrogens is 226 g/mol. The average Bonchev–Trinajstić information content (AvgIpc) is 2.34. The van der Waals surface area contributed by atoms with Crippen molar-refractivity contribution >= 4 is 5.91 Å². The summed E-state index contributed by atoms with van der Waals surface area (Å²) in [5, 5.41) is 3.41. The minimum Gasteiger partial charge on any atom is -0.366 e. The van der Waals surface area contributed by atoms with Crippen LogP contribution in [-0.4, -0.2) is 36.0 Å². The van der Waals surface area contributed by atoms with Gasteiger partial charge in [0, 0.05) is 37.3 Å². The van der Waals surface area contributed by atoms with Crippen molar-refractivity contribution in [3.8, 4) is 0 Å². The Morgan fingerprint density at radius 2 is 2.06 bits per heavy atom. The predicted molar refractivity (Wildman–Crippen MR) is 72.3 cm³/mol. The second-order valence-electron chi connectivity index (χ2n) is 5.09. The van der Waals surface area contributed by atoms with Crippen molar-refractivity contribution in [3.05, 3.63) is 35.4 Å². The SMILES string of the molecule is CC1CNCC(C)N1Cc1cccc(C(N)=O)c1. The minimum absolute atomic E-state index is 0.363. The van der Waals surface area contributed by atoms with Gasteiger partial charge in [-0.15, -0.1) is 0 Å². The summed E-state index contributed by atoms with van der Waals surface area (Å²) < 4.78 is 0. The van der Waals surface area contributed by atoms with Crippen LogP contribution in [0.4, 0.5) is 0 Å². The summed E-state index contributed by atoms with van der Waals surface area (Å²) in [6.45, 7) is 7.34. The van der Waals surface area contributed by atoms with Crippen LogP contribution in [0.15, 0.2) is 24.3 Å². The van der Waals surface area contributed by atoms with Crippen LogP contribution in [0.2, 0.25) is 0 Å². The Morgan fingerprint density at radius 3 is 2.67 bits per heavy atom. The fraction of sp³-hybridized carbons (Fsp3) is 0.500. The van der Waals surface area contributed by atoms with Crippen molar-refractivity contribution < 1.29 is 4.79 Å². The van der Waals surface area contributed by atoms with E-state index >= 15 is 0 Å². The van der Waals surface area contributed by atoms with E-state index in [0.29, 0.717) is 17.6 Å². The van der Waals surface area contributed by atoms with Crippen molar-refractivity contribution in [2.75, 3.05) is 13.1 Å². The lowest BCUT2D eigenvalue weighted by molar-refractivity contribution is 0.0999. The van der Waals surface area contributed by atoms with Gasteiger partial charge < -0.3 is 11.1 Å². The quantitative estimate of drug-likeness (QED) is 0.836. The molecule has 1 aliphatic rings. The van der Waals surface area contributed by atoms with Crippen LogP contribution in [0.5, 0.6) is 0 Å². The number of rotatable bonds is 3. The van der Waals surface area contributed by atoms with E-state index in [4.69, 9.17) is 5.73 Å². The average molecular weight is 247 g/mol. The zero-order valence-corrected chi connectivity index (χ0v) is 11.0. The number of benzene rings is 1. The molecule has 0 bridgehead atoms. The number of piperazine rings is 1. The summed E-state index contributed by atoms with van der Waals surface area (Å²) in [4.78, 5) is 13.6. The van der Waals surface area contributed by atoms with Crippen LogP contribution in [-0.2, 0) is 6.54 Å². The summed E-state index contributed by atoms with van der Waals surface area (Å²) in [5.41, 5.74) is 7.04. The molecule has 1 aliphatic heterocycles. The van der Waals surface area contributed by atoms with Crippen molar-refractivity contribution in [2.24, 2.45) is 5.73 Å². The van der Waals surface area contributed by atoms with Crippen LogP contribution in [0, 0.1) is 0 Å². The molecule has 2 unspecified atom stereocenters. The number of amides is 1. The highest BCUT2D eigenvalue weighted by Crippen LogP contribution is 2.15. The number of hydrogen-bond donors (Lipinski definition) is 2. The molecule has 0 spiro atoms. The molecule has 0 saturated carbocycles. The molecule has 1 aromatic carbocycles. The Bertz CT molecular complexity index is 423. The molecule has 2 atom stereocenters. The van der Waals surface area contributed by atoms with Crippen molar-refractivity contribution in [1.82, 2.24) is 10.2 Å². The van der Waals surface area contributed by atoms with E-state index in [-0.39, 0.29) is 5.91 Å². The van der Waals surface area contributed by atoms with Crippen molar-refractivity contribution in [3.63, 3.8) is 0 Å².